The van der Waals surface area contributed by atoms with Gasteiger partial charge in [-0.25, -0.2) is 0 Å². The molecule has 5 heteroatoms. The van der Waals surface area contributed by atoms with Crippen molar-refractivity contribution in [1.82, 2.24) is 5.01 Å². The van der Waals surface area contributed by atoms with Crippen molar-refractivity contribution in [2.45, 2.75) is 46.0 Å². The number of hydrazone groups is 1. The lowest BCUT2D eigenvalue weighted by Gasteiger charge is -2.35. The van der Waals surface area contributed by atoms with E-state index in [9.17, 15) is 0 Å². The molecule has 144 valence electrons. The van der Waals surface area contributed by atoms with Crippen LogP contribution in [-0.4, -0.2) is 51.2 Å². The first-order valence-corrected chi connectivity index (χ1v) is 8.97. The number of hydrogen-bond acceptors (Lipinski definition) is 5. The van der Waals surface area contributed by atoms with E-state index in [1.807, 2.05) is 43.4 Å². The van der Waals surface area contributed by atoms with Gasteiger partial charge in [0.1, 0.15) is 11.9 Å². The predicted octanol–water partition coefficient (Wildman–Crippen LogP) is 3.89. The fourth-order valence-electron chi connectivity index (χ4n) is 3.40. The second kappa shape index (κ2) is 8.69. The van der Waals surface area contributed by atoms with Gasteiger partial charge in [0, 0.05) is 21.2 Å². The molecule has 0 fully saturated rings. The zero-order valence-corrected chi connectivity index (χ0v) is 17.1. The summed E-state index contributed by atoms with van der Waals surface area (Å²) in [6.07, 6.45) is 2.81. The molecule has 1 aliphatic rings. The summed E-state index contributed by atoms with van der Waals surface area (Å²) >= 11 is 0. The molecule has 2 rings (SSSR count). The van der Waals surface area contributed by atoms with Gasteiger partial charge in [-0.15, -0.1) is 0 Å². The van der Waals surface area contributed by atoms with Gasteiger partial charge in [0.25, 0.3) is 0 Å². The molecule has 0 N–H and O–H groups in total. The van der Waals surface area contributed by atoms with Crippen LogP contribution < -0.4 is 4.74 Å². The van der Waals surface area contributed by atoms with Crippen LogP contribution in [0.15, 0.2) is 41.0 Å². The van der Waals surface area contributed by atoms with Crippen molar-refractivity contribution in [1.29, 1.82) is 0 Å². The first kappa shape index (κ1) is 20.5. The number of benzene rings is 1. The fourth-order valence-corrected chi connectivity index (χ4v) is 3.40. The lowest BCUT2D eigenvalue weighted by molar-refractivity contribution is -0.0882. The molecule has 5 nitrogen and oxygen atoms in total. The van der Waals surface area contributed by atoms with Gasteiger partial charge < -0.3 is 19.2 Å². The molecular formula is C21H32N2O3. The summed E-state index contributed by atoms with van der Waals surface area (Å²) in [5.41, 5.74) is 3.24. The molecule has 0 saturated heterocycles. The molecule has 2 atom stereocenters. The van der Waals surface area contributed by atoms with E-state index in [2.05, 4.69) is 31.9 Å². The van der Waals surface area contributed by atoms with E-state index in [0.717, 1.165) is 29.0 Å². The van der Waals surface area contributed by atoms with Crippen LogP contribution >= 0.6 is 0 Å². The SMILES string of the molecule is COc1ccc(COC2C=C(C)/C(=N/N(C)C)CC(C)(C)C2OC)cc1. The van der Waals surface area contributed by atoms with Crippen LogP contribution in [0, 0.1) is 5.41 Å². The quantitative estimate of drug-likeness (QED) is 0.722. The van der Waals surface area contributed by atoms with Crippen LogP contribution in [0.4, 0.5) is 0 Å². The molecule has 1 aliphatic carbocycles. The molecule has 1 aromatic carbocycles. The lowest BCUT2D eigenvalue weighted by Crippen LogP contribution is -2.41. The monoisotopic (exact) mass is 360 g/mol. The number of rotatable bonds is 6. The molecule has 1 aromatic rings. The summed E-state index contributed by atoms with van der Waals surface area (Å²) in [5, 5.41) is 6.52. The van der Waals surface area contributed by atoms with Crippen molar-refractivity contribution in [3.05, 3.63) is 41.5 Å². The highest BCUT2D eigenvalue weighted by atomic mass is 16.5. The third kappa shape index (κ3) is 5.08. The van der Waals surface area contributed by atoms with Gasteiger partial charge in [0.05, 0.1) is 25.5 Å². The third-order valence-corrected chi connectivity index (χ3v) is 4.74. The summed E-state index contributed by atoms with van der Waals surface area (Å²) in [6, 6.07) is 7.95. The van der Waals surface area contributed by atoms with Gasteiger partial charge in [-0.05, 0) is 48.1 Å². The van der Waals surface area contributed by atoms with E-state index >= 15 is 0 Å². The molecule has 26 heavy (non-hydrogen) atoms. The fraction of sp³-hybridized carbons (Fsp3) is 0.571. The average molecular weight is 360 g/mol. The Morgan fingerprint density at radius 3 is 2.35 bits per heavy atom. The minimum atomic E-state index is -0.132. The van der Waals surface area contributed by atoms with Crippen LogP contribution in [0.2, 0.25) is 0 Å². The van der Waals surface area contributed by atoms with E-state index in [1.165, 1.54) is 0 Å². The Morgan fingerprint density at radius 1 is 1.15 bits per heavy atom. The second-order valence-electron chi connectivity index (χ2n) is 7.69. The molecule has 0 spiro atoms. The van der Waals surface area contributed by atoms with Crippen molar-refractivity contribution in [2.24, 2.45) is 10.5 Å². The maximum absolute atomic E-state index is 6.27. The minimum absolute atomic E-state index is 0.0504. The molecule has 0 aliphatic heterocycles. The maximum atomic E-state index is 6.27. The Morgan fingerprint density at radius 2 is 1.81 bits per heavy atom. The lowest BCUT2D eigenvalue weighted by atomic mass is 9.80. The van der Waals surface area contributed by atoms with Crippen LogP contribution in [0.1, 0.15) is 32.8 Å². The Kier molecular flexibility index (Phi) is 6.84. The standard InChI is InChI=1S/C21H32N2O3/c1-15-12-19(26-14-16-8-10-17(24-6)11-9-16)20(25-7)21(2,3)13-18(15)22-23(4)5/h8-12,19-20H,13-14H2,1-7H3/b22-18+. The molecule has 0 heterocycles. The van der Waals surface area contributed by atoms with Crippen molar-refractivity contribution >= 4 is 5.71 Å². The van der Waals surface area contributed by atoms with Gasteiger partial charge >= 0.3 is 0 Å². The minimum Gasteiger partial charge on any atom is -0.497 e. The number of ether oxygens (including phenoxy) is 3. The molecule has 0 radical (unpaired) electrons. The van der Waals surface area contributed by atoms with E-state index in [0.29, 0.717) is 6.61 Å². The molecule has 2 unspecified atom stereocenters. The highest BCUT2D eigenvalue weighted by Gasteiger charge is 2.39. The smallest absolute Gasteiger partial charge is 0.118 e. The van der Waals surface area contributed by atoms with Gasteiger partial charge in [-0.3, -0.25) is 0 Å². The number of allylic oxidation sites excluding steroid dienone is 1. The summed E-state index contributed by atoms with van der Waals surface area (Å²) in [4.78, 5) is 0. The van der Waals surface area contributed by atoms with Crippen LogP contribution in [-0.2, 0) is 16.1 Å². The van der Waals surface area contributed by atoms with E-state index in [4.69, 9.17) is 14.2 Å². The Bertz CT molecular complexity index is 648. The van der Waals surface area contributed by atoms with Crippen molar-refractivity contribution in [3.63, 3.8) is 0 Å². The summed E-state index contributed by atoms with van der Waals surface area (Å²) in [6.45, 7) is 7.04. The normalized spacial score (nSPS) is 24.1. The molecule has 0 bridgehead atoms. The van der Waals surface area contributed by atoms with Crippen molar-refractivity contribution in [2.75, 3.05) is 28.3 Å². The number of hydrogen-bond donors (Lipinski definition) is 0. The van der Waals surface area contributed by atoms with Gasteiger partial charge in [0.15, 0.2) is 0 Å². The van der Waals surface area contributed by atoms with Gasteiger partial charge in [-0.1, -0.05) is 26.0 Å². The van der Waals surface area contributed by atoms with Crippen LogP contribution in [0.25, 0.3) is 0 Å². The van der Waals surface area contributed by atoms with Crippen LogP contribution in [0.3, 0.4) is 0 Å². The topological polar surface area (TPSA) is 43.3 Å². The number of methoxy groups -OCH3 is 2. The second-order valence-corrected chi connectivity index (χ2v) is 7.69. The summed E-state index contributed by atoms with van der Waals surface area (Å²) in [5.74, 6) is 0.847. The summed E-state index contributed by atoms with van der Waals surface area (Å²) < 4.78 is 17.4. The molecular weight excluding hydrogens is 328 g/mol. The third-order valence-electron chi connectivity index (χ3n) is 4.74. The zero-order chi connectivity index (χ0) is 19.3. The maximum Gasteiger partial charge on any atom is 0.118 e. The van der Waals surface area contributed by atoms with Gasteiger partial charge in [0.2, 0.25) is 0 Å². The summed E-state index contributed by atoms with van der Waals surface area (Å²) in [7, 11) is 7.32. The molecule has 0 aromatic heterocycles. The zero-order valence-electron chi connectivity index (χ0n) is 17.1. The predicted molar refractivity (Wildman–Crippen MR) is 106 cm³/mol. The largest absolute Gasteiger partial charge is 0.497 e. The Balaban J connectivity index is 2.23. The molecule has 0 saturated carbocycles. The first-order valence-electron chi connectivity index (χ1n) is 8.97. The Labute approximate surface area is 157 Å². The average Bonchev–Trinajstić information content (AvgIpc) is 2.67. The van der Waals surface area contributed by atoms with E-state index < -0.39 is 0 Å². The van der Waals surface area contributed by atoms with E-state index in [1.54, 1.807) is 14.2 Å². The van der Waals surface area contributed by atoms with Crippen molar-refractivity contribution < 1.29 is 14.2 Å². The van der Waals surface area contributed by atoms with Crippen molar-refractivity contribution in [3.8, 4) is 5.75 Å². The molecule has 0 amide bonds. The highest BCUT2D eigenvalue weighted by Crippen LogP contribution is 2.36. The highest BCUT2D eigenvalue weighted by molar-refractivity contribution is 6.00. The Hall–Kier alpha value is -1.85. The van der Waals surface area contributed by atoms with Gasteiger partial charge in [-0.2, -0.15) is 5.10 Å². The number of nitrogens with zero attached hydrogens (tertiary/aromatic N) is 2. The first-order chi connectivity index (χ1) is 12.3. The van der Waals surface area contributed by atoms with Crippen LogP contribution in [0.5, 0.6) is 5.75 Å². The van der Waals surface area contributed by atoms with E-state index in [-0.39, 0.29) is 17.6 Å².